The Bertz CT molecular complexity index is 663. The molecule has 1 fully saturated rings. The number of halogens is 1. The van der Waals surface area contributed by atoms with E-state index in [-0.39, 0.29) is 17.7 Å². The summed E-state index contributed by atoms with van der Waals surface area (Å²) in [5.41, 5.74) is -1.30. The van der Waals surface area contributed by atoms with Crippen LogP contribution in [-0.4, -0.2) is 31.0 Å². The molecule has 3 N–H and O–H groups in total. The fourth-order valence-corrected chi connectivity index (χ4v) is 2.65. The lowest BCUT2D eigenvalue weighted by Gasteiger charge is -2.36. The van der Waals surface area contributed by atoms with Crippen LogP contribution in [0.3, 0.4) is 0 Å². The van der Waals surface area contributed by atoms with Crippen molar-refractivity contribution in [3.8, 4) is 5.75 Å². The molecule has 0 unspecified atom stereocenters. The first-order valence-electron chi connectivity index (χ1n) is 6.28. The van der Waals surface area contributed by atoms with Gasteiger partial charge in [0.1, 0.15) is 11.6 Å². The second-order valence-corrected chi connectivity index (χ2v) is 4.88. The van der Waals surface area contributed by atoms with Gasteiger partial charge in [0.05, 0.1) is 0 Å². The highest BCUT2D eigenvalue weighted by atomic mass is 19.1. The SMILES string of the molecule is CNC(=O)[C@@H]1C[C@]2(NC(=O)NC2=O)c2cc(F)ccc2O1. The van der Waals surface area contributed by atoms with Gasteiger partial charge in [0.15, 0.2) is 11.6 Å². The summed E-state index contributed by atoms with van der Waals surface area (Å²) in [7, 11) is 1.44. The number of carbonyl (C=O) groups excluding carboxylic acids is 3. The second kappa shape index (κ2) is 4.44. The molecule has 110 valence electrons. The zero-order valence-corrected chi connectivity index (χ0v) is 11.0. The van der Waals surface area contributed by atoms with E-state index in [2.05, 4.69) is 16.0 Å². The Labute approximate surface area is 118 Å². The average molecular weight is 293 g/mol. The van der Waals surface area contributed by atoms with Crippen molar-refractivity contribution >= 4 is 17.8 Å². The first-order chi connectivity index (χ1) is 9.96. The molecule has 1 spiro atoms. The Morgan fingerprint density at radius 3 is 2.86 bits per heavy atom. The Morgan fingerprint density at radius 2 is 2.24 bits per heavy atom. The fraction of sp³-hybridized carbons (Fsp3) is 0.308. The first-order valence-corrected chi connectivity index (χ1v) is 6.28. The monoisotopic (exact) mass is 293 g/mol. The van der Waals surface area contributed by atoms with E-state index in [1.807, 2.05) is 0 Å². The van der Waals surface area contributed by atoms with Gasteiger partial charge in [-0.25, -0.2) is 9.18 Å². The van der Waals surface area contributed by atoms with E-state index in [0.717, 1.165) is 12.1 Å². The maximum Gasteiger partial charge on any atom is 0.322 e. The van der Waals surface area contributed by atoms with Gasteiger partial charge in [0.25, 0.3) is 11.8 Å². The minimum atomic E-state index is -1.50. The van der Waals surface area contributed by atoms with Gasteiger partial charge >= 0.3 is 6.03 Å². The van der Waals surface area contributed by atoms with Crippen LogP contribution in [0.4, 0.5) is 9.18 Å². The number of hydrogen-bond donors (Lipinski definition) is 3. The van der Waals surface area contributed by atoms with Crippen molar-refractivity contribution in [1.29, 1.82) is 0 Å². The molecule has 1 saturated heterocycles. The number of fused-ring (bicyclic) bond motifs is 2. The van der Waals surface area contributed by atoms with Gasteiger partial charge in [-0.2, -0.15) is 0 Å². The third kappa shape index (κ3) is 1.91. The molecule has 2 aliphatic heterocycles. The zero-order chi connectivity index (χ0) is 15.2. The van der Waals surface area contributed by atoms with Crippen LogP contribution in [0, 0.1) is 5.82 Å². The summed E-state index contributed by atoms with van der Waals surface area (Å²) in [4.78, 5) is 35.5. The number of carbonyl (C=O) groups is 3. The van der Waals surface area contributed by atoms with E-state index < -0.39 is 35.3 Å². The van der Waals surface area contributed by atoms with Gasteiger partial charge in [-0.3, -0.25) is 14.9 Å². The Balaban J connectivity index is 2.14. The van der Waals surface area contributed by atoms with Crippen molar-refractivity contribution in [2.24, 2.45) is 0 Å². The second-order valence-electron chi connectivity index (χ2n) is 4.88. The molecule has 0 saturated carbocycles. The number of ether oxygens (including phenoxy) is 1. The molecule has 2 atom stereocenters. The highest BCUT2D eigenvalue weighted by molar-refractivity contribution is 6.08. The van der Waals surface area contributed by atoms with Gasteiger partial charge < -0.3 is 15.4 Å². The minimum absolute atomic E-state index is 0.110. The van der Waals surface area contributed by atoms with Crippen LogP contribution >= 0.6 is 0 Å². The van der Waals surface area contributed by atoms with Crippen molar-refractivity contribution < 1.29 is 23.5 Å². The molecule has 0 aromatic heterocycles. The third-order valence-corrected chi connectivity index (χ3v) is 3.64. The Morgan fingerprint density at radius 1 is 1.48 bits per heavy atom. The number of urea groups is 1. The smallest absolute Gasteiger partial charge is 0.322 e. The molecule has 21 heavy (non-hydrogen) atoms. The lowest BCUT2D eigenvalue weighted by molar-refractivity contribution is -0.132. The van der Waals surface area contributed by atoms with Crippen molar-refractivity contribution in [3.63, 3.8) is 0 Å². The van der Waals surface area contributed by atoms with Crippen molar-refractivity contribution in [2.75, 3.05) is 7.05 Å². The Hall–Kier alpha value is -2.64. The summed E-state index contributed by atoms with van der Waals surface area (Å²) in [6.07, 6.45) is -1.07. The summed E-state index contributed by atoms with van der Waals surface area (Å²) in [6, 6.07) is 2.93. The number of imide groups is 1. The molecular weight excluding hydrogens is 281 g/mol. The number of hydrogen-bond acceptors (Lipinski definition) is 4. The maximum atomic E-state index is 13.5. The summed E-state index contributed by atoms with van der Waals surface area (Å²) >= 11 is 0. The van der Waals surface area contributed by atoms with E-state index >= 15 is 0 Å². The van der Waals surface area contributed by atoms with Crippen LogP contribution in [-0.2, 0) is 15.1 Å². The van der Waals surface area contributed by atoms with Crippen LogP contribution in [0.15, 0.2) is 18.2 Å². The molecule has 0 aliphatic carbocycles. The van der Waals surface area contributed by atoms with Crippen LogP contribution in [0.2, 0.25) is 0 Å². The normalized spacial score (nSPS) is 26.7. The molecule has 3 rings (SSSR count). The van der Waals surface area contributed by atoms with Gasteiger partial charge in [-0.05, 0) is 18.2 Å². The van der Waals surface area contributed by atoms with Crippen molar-refractivity contribution in [3.05, 3.63) is 29.6 Å². The van der Waals surface area contributed by atoms with Gasteiger partial charge in [-0.1, -0.05) is 0 Å². The fourth-order valence-electron chi connectivity index (χ4n) is 2.65. The molecule has 0 bridgehead atoms. The zero-order valence-electron chi connectivity index (χ0n) is 11.0. The van der Waals surface area contributed by atoms with E-state index in [1.165, 1.54) is 13.1 Å². The van der Waals surface area contributed by atoms with E-state index in [1.54, 1.807) is 0 Å². The van der Waals surface area contributed by atoms with Gasteiger partial charge in [-0.15, -0.1) is 0 Å². The van der Waals surface area contributed by atoms with Crippen LogP contribution in [0.25, 0.3) is 0 Å². The average Bonchev–Trinajstić information content (AvgIpc) is 2.73. The first kappa shape index (κ1) is 13.3. The topological polar surface area (TPSA) is 96.5 Å². The minimum Gasteiger partial charge on any atom is -0.480 e. The molecule has 0 radical (unpaired) electrons. The molecule has 1 aromatic rings. The summed E-state index contributed by atoms with van der Waals surface area (Å²) in [5, 5.41) is 7.03. The van der Waals surface area contributed by atoms with E-state index in [4.69, 9.17) is 4.74 Å². The largest absolute Gasteiger partial charge is 0.480 e. The van der Waals surface area contributed by atoms with Crippen molar-refractivity contribution in [1.82, 2.24) is 16.0 Å². The van der Waals surface area contributed by atoms with E-state index in [9.17, 15) is 18.8 Å². The summed E-state index contributed by atoms with van der Waals surface area (Å²) < 4.78 is 19.0. The predicted molar refractivity (Wildman–Crippen MR) is 67.9 cm³/mol. The molecular formula is C13H12FN3O4. The number of rotatable bonds is 1. The molecule has 7 nitrogen and oxygen atoms in total. The summed E-state index contributed by atoms with van der Waals surface area (Å²) in [5.74, 6) is -1.44. The van der Waals surface area contributed by atoms with E-state index in [0.29, 0.717) is 0 Å². The predicted octanol–water partition coefficient (Wildman–Crippen LogP) is -0.243. The van der Waals surface area contributed by atoms with Crippen LogP contribution < -0.4 is 20.7 Å². The van der Waals surface area contributed by atoms with Gasteiger partial charge in [0.2, 0.25) is 0 Å². The third-order valence-electron chi connectivity index (χ3n) is 3.64. The highest BCUT2D eigenvalue weighted by Gasteiger charge is 2.54. The lowest BCUT2D eigenvalue weighted by Crippen LogP contribution is -2.53. The number of likely N-dealkylation sites (N-methyl/N-ethyl adjacent to an activating group) is 1. The maximum absolute atomic E-state index is 13.5. The van der Waals surface area contributed by atoms with Crippen LogP contribution in [0.5, 0.6) is 5.75 Å². The van der Waals surface area contributed by atoms with Crippen molar-refractivity contribution in [2.45, 2.75) is 18.1 Å². The Kier molecular flexibility index (Phi) is 2.82. The highest BCUT2D eigenvalue weighted by Crippen LogP contribution is 2.41. The summed E-state index contributed by atoms with van der Waals surface area (Å²) in [6.45, 7) is 0. The number of benzene rings is 1. The molecule has 1 aromatic carbocycles. The van der Waals surface area contributed by atoms with Gasteiger partial charge in [0, 0.05) is 19.0 Å². The molecule has 8 heteroatoms. The molecule has 2 aliphatic rings. The molecule has 4 amide bonds. The number of amides is 4. The molecule has 2 heterocycles. The standard InChI is InChI=1S/C13H12FN3O4/c1-15-10(18)9-5-13(11(19)16-12(20)17-13)7-4-6(14)2-3-8(7)21-9/h2-4,9H,5H2,1H3,(H,15,18)(H2,16,17,19,20)/t9-,13-/m0/s1. The lowest BCUT2D eigenvalue weighted by atomic mass is 9.81. The quantitative estimate of drug-likeness (QED) is 0.622. The van der Waals surface area contributed by atoms with Crippen LogP contribution in [0.1, 0.15) is 12.0 Å². The number of nitrogens with one attached hydrogen (secondary N) is 3.